The van der Waals surface area contributed by atoms with Gasteiger partial charge in [-0.15, -0.1) is 0 Å². The maximum atomic E-state index is 5.66. The summed E-state index contributed by atoms with van der Waals surface area (Å²) in [6.45, 7) is 6.18. The van der Waals surface area contributed by atoms with Crippen LogP contribution in [0.25, 0.3) is 0 Å². The summed E-state index contributed by atoms with van der Waals surface area (Å²) < 4.78 is 6.72. The highest BCUT2D eigenvalue weighted by molar-refractivity contribution is 9.10. The molecule has 1 unspecified atom stereocenters. The molecule has 0 spiro atoms. The minimum Gasteiger partial charge on any atom is -0.496 e. The van der Waals surface area contributed by atoms with Crippen molar-refractivity contribution in [2.45, 2.75) is 19.4 Å². The van der Waals surface area contributed by atoms with Gasteiger partial charge in [0.15, 0.2) is 0 Å². The monoisotopic (exact) mass is 389 g/mol. The summed E-state index contributed by atoms with van der Waals surface area (Å²) in [4.78, 5) is 7.23. The maximum Gasteiger partial charge on any atom is 0.124 e. The molecule has 1 aliphatic heterocycles. The molecule has 2 aromatic rings. The Kier molecular flexibility index (Phi) is 5.87. The number of nitrogens with one attached hydrogen (secondary N) is 1. The van der Waals surface area contributed by atoms with Gasteiger partial charge in [-0.25, -0.2) is 0 Å². The van der Waals surface area contributed by atoms with Gasteiger partial charge in [-0.3, -0.25) is 9.88 Å². The molecule has 24 heavy (non-hydrogen) atoms. The number of nitrogens with zero attached hydrogens (tertiary/aromatic N) is 2. The molecule has 5 heteroatoms. The first-order chi connectivity index (χ1) is 11.7. The molecule has 128 valence electrons. The average molecular weight is 390 g/mol. The van der Waals surface area contributed by atoms with Crippen LogP contribution >= 0.6 is 15.9 Å². The van der Waals surface area contributed by atoms with Gasteiger partial charge in [0, 0.05) is 35.9 Å². The van der Waals surface area contributed by atoms with Crippen molar-refractivity contribution in [1.82, 2.24) is 15.2 Å². The zero-order valence-corrected chi connectivity index (χ0v) is 15.8. The van der Waals surface area contributed by atoms with E-state index in [1.165, 1.54) is 5.56 Å². The van der Waals surface area contributed by atoms with Crippen LogP contribution in [0.2, 0.25) is 0 Å². The van der Waals surface area contributed by atoms with Crippen LogP contribution in [-0.2, 0) is 0 Å². The van der Waals surface area contributed by atoms with Crippen molar-refractivity contribution in [2.24, 2.45) is 0 Å². The van der Waals surface area contributed by atoms with Gasteiger partial charge in [-0.1, -0.05) is 22.0 Å². The molecule has 2 heterocycles. The zero-order chi connectivity index (χ0) is 16.9. The highest BCUT2D eigenvalue weighted by Crippen LogP contribution is 2.36. The number of pyridine rings is 1. The van der Waals surface area contributed by atoms with E-state index in [9.17, 15) is 0 Å². The largest absolute Gasteiger partial charge is 0.496 e. The smallest absolute Gasteiger partial charge is 0.124 e. The predicted octanol–water partition coefficient (Wildman–Crippen LogP) is 3.55. The molecule has 1 fully saturated rings. The third-order valence-electron chi connectivity index (χ3n) is 4.44. The number of ether oxygens (including phenoxy) is 1. The molecule has 1 aliphatic rings. The molecule has 0 radical (unpaired) electrons. The predicted molar refractivity (Wildman–Crippen MR) is 101 cm³/mol. The lowest BCUT2D eigenvalue weighted by Crippen LogP contribution is -2.33. The molecular weight excluding hydrogens is 366 g/mol. The Labute approximate surface area is 152 Å². The van der Waals surface area contributed by atoms with E-state index in [1.807, 2.05) is 18.3 Å². The molecule has 1 aromatic heterocycles. The standard InChI is InChI=1S/C19H24BrN3O/c1-14-4-6-17(22-13-14)19(23-10-3-8-21-9-11-23)16-12-15(20)5-7-18(16)24-2/h4-7,12-13,19,21H,3,8-11H2,1-2H3. The average Bonchev–Trinajstić information content (AvgIpc) is 2.86. The second-order valence-electron chi connectivity index (χ2n) is 6.19. The Morgan fingerprint density at radius 1 is 1.21 bits per heavy atom. The molecule has 1 N–H and O–H groups in total. The quantitative estimate of drug-likeness (QED) is 0.867. The first-order valence-corrected chi connectivity index (χ1v) is 9.19. The van der Waals surface area contributed by atoms with E-state index in [1.54, 1.807) is 7.11 Å². The number of hydrogen-bond acceptors (Lipinski definition) is 4. The molecule has 0 saturated carbocycles. The number of hydrogen-bond donors (Lipinski definition) is 1. The topological polar surface area (TPSA) is 37.4 Å². The van der Waals surface area contributed by atoms with E-state index in [2.05, 4.69) is 51.3 Å². The normalized spacial score (nSPS) is 17.3. The number of halogens is 1. The summed E-state index contributed by atoms with van der Waals surface area (Å²) in [5, 5.41) is 3.48. The van der Waals surface area contributed by atoms with Gasteiger partial charge in [0.05, 0.1) is 18.8 Å². The van der Waals surface area contributed by atoms with Crippen LogP contribution in [-0.4, -0.2) is 43.2 Å². The second-order valence-corrected chi connectivity index (χ2v) is 7.10. The fourth-order valence-corrected chi connectivity index (χ4v) is 3.61. The van der Waals surface area contributed by atoms with Crippen molar-refractivity contribution < 1.29 is 4.74 Å². The highest BCUT2D eigenvalue weighted by atomic mass is 79.9. The second kappa shape index (κ2) is 8.10. The van der Waals surface area contributed by atoms with Crippen molar-refractivity contribution in [2.75, 3.05) is 33.3 Å². The third kappa shape index (κ3) is 3.97. The fourth-order valence-electron chi connectivity index (χ4n) is 3.23. The van der Waals surface area contributed by atoms with Crippen LogP contribution in [0.1, 0.15) is 29.3 Å². The first-order valence-electron chi connectivity index (χ1n) is 8.40. The lowest BCUT2D eigenvalue weighted by molar-refractivity contribution is 0.232. The van der Waals surface area contributed by atoms with Crippen LogP contribution in [0.15, 0.2) is 41.0 Å². The van der Waals surface area contributed by atoms with Gasteiger partial charge in [-0.05, 0) is 49.7 Å². The Morgan fingerprint density at radius 2 is 2.08 bits per heavy atom. The molecule has 0 bridgehead atoms. The van der Waals surface area contributed by atoms with Gasteiger partial charge in [0.1, 0.15) is 5.75 Å². The van der Waals surface area contributed by atoms with Gasteiger partial charge < -0.3 is 10.1 Å². The molecule has 4 nitrogen and oxygen atoms in total. The summed E-state index contributed by atoms with van der Waals surface area (Å²) >= 11 is 3.61. The van der Waals surface area contributed by atoms with E-state index in [0.717, 1.165) is 54.1 Å². The molecule has 1 atom stereocenters. The van der Waals surface area contributed by atoms with Crippen molar-refractivity contribution in [3.63, 3.8) is 0 Å². The Balaban J connectivity index is 2.07. The van der Waals surface area contributed by atoms with Crippen molar-refractivity contribution >= 4 is 15.9 Å². The van der Waals surface area contributed by atoms with E-state index in [0.29, 0.717) is 0 Å². The Bertz CT molecular complexity index is 667. The fraction of sp³-hybridized carbons (Fsp3) is 0.421. The van der Waals surface area contributed by atoms with Crippen LogP contribution in [0.4, 0.5) is 0 Å². The Hall–Kier alpha value is -1.43. The summed E-state index contributed by atoms with van der Waals surface area (Å²) in [6, 6.07) is 10.6. The van der Waals surface area contributed by atoms with Crippen molar-refractivity contribution in [1.29, 1.82) is 0 Å². The van der Waals surface area contributed by atoms with Gasteiger partial charge in [-0.2, -0.15) is 0 Å². The maximum absolute atomic E-state index is 5.66. The number of aromatic nitrogens is 1. The molecule has 0 amide bonds. The number of aryl methyl sites for hydroxylation is 1. The van der Waals surface area contributed by atoms with Gasteiger partial charge >= 0.3 is 0 Å². The highest BCUT2D eigenvalue weighted by Gasteiger charge is 2.27. The van der Waals surface area contributed by atoms with Crippen molar-refractivity contribution in [3.8, 4) is 5.75 Å². The number of methoxy groups -OCH3 is 1. The first kappa shape index (κ1) is 17.4. The van der Waals surface area contributed by atoms with Crippen LogP contribution in [0.3, 0.4) is 0 Å². The van der Waals surface area contributed by atoms with E-state index >= 15 is 0 Å². The minimum atomic E-state index is 0.0953. The summed E-state index contributed by atoms with van der Waals surface area (Å²) in [7, 11) is 1.73. The molecule has 1 aromatic carbocycles. The number of benzene rings is 1. The zero-order valence-electron chi connectivity index (χ0n) is 14.3. The Morgan fingerprint density at radius 3 is 2.83 bits per heavy atom. The SMILES string of the molecule is COc1ccc(Br)cc1C(c1ccc(C)cn1)N1CCCNCC1. The lowest BCUT2D eigenvalue weighted by atomic mass is 9.99. The van der Waals surface area contributed by atoms with Crippen LogP contribution < -0.4 is 10.1 Å². The van der Waals surface area contributed by atoms with Gasteiger partial charge in [0.25, 0.3) is 0 Å². The van der Waals surface area contributed by atoms with E-state index < -0.39 is 0 Å². The van der Waals surface area contributed by atoms with Crippen molar-refractivity contribution in [3.05, 3.63) is 57.8 Å². The third-order valence-corrected chi connectivity index (χ3v) is 4.93. The van der Waals surface area contributed by atoms with Crippen LogP contribution in [0.5, 0.6) is 5.75 Å². The summed E-state index contributed by atoms with van der Waals surface area (Å²) in [5.74, 6) is 0.905. The van der Waals surface area contributed by atoms with Crippen LogP contribution in [0, 0.1) is 6.92 Å². The van der Waals surface area contributed by atoms with Gasteiger partial charge in [0.2, 0.25) is 0 Å². The molecule has 0 aliphatic carbocycles. The number of rotatable bonds is 4. The van der Waals surface area contributed by atoms with E-state index in [4.69, 9.17) is 9.72 Å². The molecule has 3 rings (SSSR count). The summed E-state index contributed by atoms with van der Waals surface area (Å²) in [5.41, 5.74) is 3.40. The molecular formula is C19H24BrN3O. The summed E-state index contributed by atoms with van der Waals surface area (Å²) in [6.07, 6.45) is 3.08. The molecule has 1 saturated heterocycles. The minimum absolute atomic E-state index is 0.0953. The lowest BCUT2D eigenvalue weighted by Gasteiger charge is -2.31. The van der Waals surface area contributed by atoms with E-state index in [-0.39, 0.29) is 6.04 Å².